The summed E-state index contributed by atoms with van der Waals surface area (Å²) in [6, 6.07) is 11.8. The zero-order valence-electron chi connectivity index (χ0n) is 13.8. The van der Waals surface area contributed by atoms with E-state index in [1.165, 1.54) is 12.3 Å². The second-order valence-electron chi connectivity index (χ2n) is 5.48. The molecular formula is C19H16N4O3. The number of hydrogen-bond acceptors (Lipinski definition) is 5. The Balaban J connectivity index is 1.65. The highest BCUT2D eigenvalue weighted by molar-refractivity contribution is 5.92. The number of carboxylic acid groups (broad SMARTS) is 1. The summed E-state index contributed by atoms with van der Waals surface area (Å²) in [6.07, 6.45) is 5.20. The van der Waals surface area contributed by atoms with E-state index in [2.05, 4.69) is 20.3 Å². The van der Waals surface area contributed by atoms with E-state index in [9.17, 15) is 14.7 Å². The molecule has 3 rings (SSSR count). The van der Waals surface area contributed by atoms with Gasteiger partial charge in [0, 0.05) is 30.7 Å². The number of pyridine rings is 1. The predicted octanol–water partition coefficient (Wildman–Crippen LogP) is 2.21. The molecule has 3 aromatic rings. The number of carboxylic acids is 1. The predicted molar refractivity (Wildman–Crippen MR) is 94.7 cm³/mol. The summed E-state index contributed by atoms with van der Waals surface area (Å²) in [5, 5.41) is 11.9. The van der Waals surface area contributed by atoms with Crippen molar-refractivity contribution < 1.29 is 14.7 Å². The van der Waals surface area contributed by atoms with Crippen LogP contribution < -0.4 is 5.32 Å². The van der Waals surface area contributed by atoms with E-state index >= 15 is 0 Å². The van der Waals surface area contributed by atoms with Crippen molar-refractivity contribution in [1.29, 1.82) is 0 Å². The lowest BCUT2D eigenvalue weighted by atomic mass is 10.0. The number of rotatable bonds is 6. The van der Waals surface area contributed by atoms with E-state index in [-0.39, 0.29) is 17.2 Å². The van der Waals surface area contributed by atoms with Crippen molar-refractivity contribution >= 4 is 11.9 Å². The average molecular weight is 348 g/mol. The molecule has 0 spiro atoms. The standard InChI is InChI=1S/C19H16N4O3/c24-18(22-10-7-13-4-1-2-6-15(13)19(25)26)16-8-11-21-17(23-16)14-5-3-9-20-12-14/h1-6,8-9,11-12H,7,10H2,(H,22,24)(H,25,26). The van der Waals surface area contributed by atoms with Crippen molar-refractivity contribution in [3.8, 4) is 11.4 Å². The number of carbonyl (C=O) groups is 2. The number of aromatic nitrogens is 3. The van der Waals surface area contributed by atoms with Gasteiger partial charge in [0.2, 0.25) is 0 Å². The van der Waals surface area contributed by atoms with Gasteiger partial charge in [0.15, 0.2) is 5.82 Å². The zero-order chi connectivity index (χ0) is 18.4. The normalized spacial score (nSPS) is 10.3. The molecule has 2 aromatic heterocycles. The van der Waals surface area contributed by atoms with Crippen molar-refractivity contribution in [1.82, 2.24) is 20.3 Å². The van der Waals surface area contributed by atoms with Gasteiger partial charge in [-0.2, -0.15) is 0 Å². The first-order valence-electron chi connectivity index (χ1n) is 7.98. The van der Waals surface area contributed by atoms with Gasteiger partial charge in [0.25, 0.3) is 5.91 Å². The Morgan fingerprint density at radius 3 is 2.65 bits per heavy atom. The van der Waals surface area contributed by atoms with E-state index in [1.54, 1.807) is 42.7 Å². The minimum Gasteiger partial charge on any atom is -0.478 e. The molecule has 0 unspecified atom stereocenters. The highest BCUT2D eigenvalue weighted by Crippen LogP contribution is 2.12. The van der Waals surface area contributed by atoms with Crippen molar-refractivity contribution in [3.05, 3.63) is 77.9 Å². The maximum atomic E-state index is 12.3. The summed E-state index contributed by atoms with van der Waals surface area (Å²) in [6.45, 7) is 0.301. The molecule has 1 amide bonds. The lowest BCUT2D eigenvalue weighted by molar-refractivity contribution is 0.0695. The molecule has 0 bridgehead atoms. The summed E-state index contributed by atoms with van der Waals surface area (Å²) < 4.78 is 0. The van der Waals surface area contributed by atoms with Gasteiger partial charge in [-0.25, -0.2) is 14.8 Å². The van der Waals surface area contributed by atoms with Crippen molar-refractivity contribution in [3.63, 3.8) is 0 Å². The van der Waals surface area contributed by atoms with Crippen LogP contribution in [-0.2, 0) is 6.42 Å². The molecule has 2 N–H and O–H groups in total. The Labute approximate surface area is 149 Å². The van der Waals surface area contributed by atoms with E-state index in [0.717, 1.165) is 5.56 Å². The number of hydrogen-bond donors (Lipinski definition) is 2. The molecule has 0 fully saturated rings. The van der Waals surface area contributed by atoms with Crippen molar-refractivity contribution in [2.24, 2.45) is 0 Å². The molecule has 0 aliphatic heterocycles. The molecule has 0 aliphatic carbocycles. The fourth-order valence-electron chi connectivity index (χ4n) is 2.47. The molecular weight excluding hydrogens is 332 g/mol. The van der Waals surface area contributed by atoms with Gasteiger partial charge >= 0.3 is 5.97 Å². The second-order valence-corrected chi connectivity index (χ2v) is 5.48. The van der Waals surface area contributed by atoms with Crippen LogP contribution in [0.1, 0.15) is 26.4 Å². The zero-order valence-corrected chi connectivity index (χ0v) is 13.8. The summed E-state index contributed by atoms with van der Waals surface area (Å²) in [5.74, 6) is -0.906. The Morgan fingerprint density at radius 1 is 1.04 bits per heavy atom. The molecule has 0 saturated heterocycles. The molecule has 7 nitrogen and oxygen atoms in total. The fraction of sp³-hybridized carbons (Fsp3) is 0.105. The van der Waals surface area contributed by atoms with Crippen LogP contribution in [0.4, 0.5) is 0 Å². The van der Waals surface area contributed by atoms with Gasteiger partial charge in [-0.3, -0.25) is 9.78 Å². The van der Waals surface area contributed by atoms with Gasteiger partial charge in [-0.1, -0.05) is 18.2 Å². The molecule has 0 saturated carbocycles. The van der Waals surface area contributed by atoms with Gasteiger partial charge in [-0.05, 0) is 36.2 Å². The third-order valence-corrected chi connectivity index (χ3v) is 3.74. The minimum atomic E-state index is -0.983. The number of amides is 1. The summed E-state index contributed by atoms with van der Waals surface area (Å²) >= 11 is 0. The SMILES string of the molecule is O=C(NCCc1ccccc1C(=O)O)c1ccnc(-c2cccnc2)n1. The number of nitrogens with one attached hydrogen (secondary N) is 1. The molecule has 2 heterocycles. The first kappa shape index (κ1) is 17.2. The lowest BCUT2D eigenvalue weighted by Gasteiger charge is -2.08. The number of carbonyl (C=O) groups excluding carboxylic acids is 1. The molecule has 7 heteroatoms. The summed E-state index contributed by atoms with van der Waals surface area (Å²) in [7, 11) is 0. The highest BCUT2D eigenvalue weighted by Gasteiger charge is 2.12. The van der Waals surface area contributed by atoms with Crippen molar-refractivity contribution in [2.45, 2.75) is 6.42 Å². The van der Waals surface area contributed by atoms with Crippen LogP contribution >= 0.6 is 0 Å². The third-order valence-electron chi connectivity index (χ3n) is 3.74. The van der Waals surface area contributed by atoms with Gasteiger partial charge in [0.1, 0.15) is 5.69 Å². The molecule has 0 atom stereocenters. The maximum Gasteiger partial charge on any atom is 0.335 e. The summed E-state index contributed by atoms with van der Waals surface area (Å²) in [5.41, 5.74) is 1.87. The molecule has 0 radical (unpaired) electrons. The summed E-state index contributed by atoms with van der Waals surface area (Å²) in [4.78, 5) is 35.9. The van der Waals surface area contributed by atoms with Crippen LogP contribution in [0.5, 0.6) is 0 Å². The van der Waals surface area contributed by atoms with Crippen LogP contribution in [0.3, 0.4) is 0 Å². The Bertz CT molecular complexity index is 929. The van der Waals surface area contributed by atoms with E-state index in [4.69, 9.17) is 0 Å². The Hall–Kier alpha value is -3.61. The van der Waals surface area contributed by atoms with Crippen LogP contribution in [0.25, 0.3) is 11.4 Å². The van der Waals surface area contributed by atoms with Crippen LogP contribution in [0.2, 0.25) is 0 Å². The minimum absolute atomic E-state index is 0.239. The molecule has 130 valence electrons. The van der Waals surface area contributed by atoms with Crippen LogP contribution in [0.15, 0.2) is 61.1 Å². The first-order chi connectivity index (χ1) is 12.6. The molecule has 0 aliphatic rings. The van der Waals surface area contributed by atoms with E-state index in [1.807, 2.05) is 6.07 Å². The van der Waals surface area contributed by atoms with Crippen molar-refractivity contribution in [2.75, 3.05) is 6.54 Å². The fourth-order valence-corrected chi connectivity index (χ4v) is 2.47. The van der Waals surface area contributed by atoms with Crippen LogP contribution in [-0.4, -0.2) is 38.5 Å². The maximum absolute atomic E-state index is 12.3. The van der Waals surface area contributed by atoms with Gasteiger partial charge in [0.05, 0.1) is 5.56 Å². The third kappa shape index (κ3) is 4.07. The average Bonchev–Trinajstić information content (AvgIpc) is 2.69. The Morgan fingerprint density at radius 2 is 1.88 bits per heavy atom. The topological polar surface area (TPSA) is 105 Å². The first-order valence-corrected chi connectivity index (χ1v) is 7.98. The number of benzene rings is 1. The molecule has 1 aromatic carbocycles. The van der Waals surface area contributed by atoms with Gasteiger partial charge < -0.3 is 10.4 Å². The van der Waals surface area contributed by atoms with E-state index < -0.39 is 5.97 Å². The number of aromatic carboxylic acids is 1. The smallest absolute Gasteiger partial charge is 0.335 e. The lowest BCUT2D eigenvalue weighted by Crippen LogP contribution is -2.27. The van der Waals surface area contributed by atoms with Crippen LogP contribution in [0, 0.1) is 0 Å². The quantitative estimate of drug-likeness (QED) is 0.707. The van der Waals surface area contributed by atoms with E-state index in [0.29, 0.717) is 24.4 Å². The second kappa shape index (κ2) is 7.98. The molecule has 26 heavy (non-hydrogen) atoms. The Kier molecular flexibility index (Phi) is 5.28. The number of nitrogens with zero attached hydrogens (tertiary/aromatic N) is 3. The van der Waals surface area contributed by atoms with Gasteiger partial charge in [-0.15, -0.1) is 0 Å². The largest absolute Gasteiger partial charge is 0.478 e. The monoisotopic (exact) mass is 348 g/mol. The highest BCUT2D eigenvalue weighted by atomic mass is 16.4.